The largest absolute Gasteiger partial charge is 0.467 e. The molecule has 8 nitrogen and oxygen atoms in total. The van der Waals surface area contributed by atoms with E-state index in [2.05, 4.69) is 9.97 Å². The first-order valence-corrected chi connectivity index (χ1v) is 10.0. The summed E-state index contributed by atoms with van der Waals surface area (Å²) >= 11 is 1.28. The quantitative estimate of drug-likeness (QED) is 0.427. The molecule has 0 aliphatic carbocycles. The maximum absolute atomic E-state index is 13.3. The van der Waals surface area contributed by atoms with Gasteiger partial charge < -0.3 is 4.74 Å². The summed E-state index contributed by atoms with van der Waals surface area (Å²) in [5.41, 5.74) is 0.249. The number of rotatable bonds is 4. The van der Waals surface area contributed by atoms with Gasteiger partial charge in [-0.3, -0.25) is 9.59 Å². The molecule has 3 rings (SSSR count). The summed E-state index contributed by atoms with van der Waals surface area (Å²) in [6.07, 6.45) is 4.07. The molecule has 10 heteroatoms. The Morgan fingerprint density at radius 3 is 2.55 bits per heavy atom. The fourth-order valence-corrected chi connectivity index (χ4v) is 3.41. The molecule has 0 N–H and O–H groups in total. The van der Waals surface area contributed by atoms with Crippen molar-refractivity contribution in [1.29, 1.82) is 0 Å². The van der Waals surface area contributed by atoms with Gasteiger partial charge in [0.15, 0.2) is 11.2 Å². The van der Waals surface area contributed by atoms with Crippen molar-refractivity contribution in [3.8, 4) is 0 Å². The van der Waals surface area contributed by atoms with Crippen LogP contribution in [0.15, 0.2) is 41.7 Å². The monoisotopic (exact) mass is 418 g/mol. The van der Waals surface area contributed by atoms with Crippen molar-refractivity contribution >= 4 is 29.5 Å². The van der Waals surface area contributed by atoms with Gasteiger partial charge in [0.05, 0.1) is 7.11 Å². The zero-order valence-corrected chi connectivity index (χ0v) is 16.7. The van der Waals surface area contributed by atoms with Crippen LogP contribution in [0.5, 0.6) is 0 Å². The van der Waals surface area contributed by atoms with Gasteiger partial charge in [0, 0.05) is 18.3 Å². The minimum Gasteiger partial charge on any atom is -0.467 e. The molecule has 1 atom stereocenters. The van der Waals surface area contributed by atoms with Crippen molar-refractivity contribution in [3.05, 3.63) is 53.6 Å². The topological polar surface area (TPSA) is 92.7 Å². The van der Waals surface area contributed by atoms with Gasteiger partial charge in [0.2, 0.25) is 0 Å². The van der Waals surface area contributed by atoms with Gasteiger partial charge in [-0.1, -0.05) is 11.8 Å². The molecule has 2 aromatic rings. The Balaban J connectivity index is 2.00. The second kappa shape index (κ2) is 8.99. The fraction of sp³-hybridized carbons (Fsp3) is 0.316. The van der Waals surface area contributed by atoms with E-state index in [0.29, 0.717) is 18.0 Å². The molecule has 1 saturated heterocycles. The summed E-state index contributed by atoms with van der Waals surface area (Å²) in [5, 5.41) is 2.70. The van der Waals surface area contributed by atoms with Gasteiger partial charge >= 0.3 is 5.97 Å². The maximum Gasteiger partial charge on any atom is 0.330 e. The molecular formula is C19H19FN4O4S. The van der Waals surface area contributed by atoms with Crippen LogP contribution in [0.2, 0.25) is 0 Å². The molecule has 2 heterocycles. The number of hydrazine groups is 1. The first kappa shape index (κ1) is 20.7. The highest BCUT2D eigenvalue weighted by molar-refractivity contribution is 7.98. The third kappa shape index (κ3) is 4.37. The molecular weight excluding hydrogens is 399 g/mol. The molecule has 1 fully saturated rings. The van der Waals surface area contributed by atoms with E-state index >= 15 is 0 Å². The Hall–Kier alpha value is -3.01. The standard InChI is InChI=1S/C19H19FN4O4S/c1-28-18(27)15-4-3-11-23(17(26)14-9-10-21-19(22-14)29-2)24(15)16(25)12-5-7-13(20)8-6-12/h5-10,15H,3-4,11H2,1-2H3. The van der Waals surface area contributed by atoms with Crippen molar-refractivity contribution in [1.82, 2.24) is 20.0 Å². The minimum absolute atomic E-state index is 0.103. The van der Waals surface area contributed by atoms with E-state index in [0.717, 1.165) is 17.1 Å². The van der Waals surface area contributed by atoms with E-state index in [-0.39, 0.29) is 17.8 Å². The lowest BCUT2D eigenvalue weighted by Gasteiger charge is -2.42. The zero-order valence-electron chi connectivity index (χ0n) is 15.9. The van der Waals surface area contributed by atoms with Crippen LogP contribution in [-0.2, 0) is 9.53 Å². The van der Waals surface area contributed by atoms with E-state index in [9.17, 15) is 18.8 Å². The lowest BCUT2D eigenvalue weighted by molar-refractivity contribution is -0.153. The lowest BCUT2D eigenvalue weighted by atomic mass is 10.1. The number of carbonyl (C=O) groups excluding carboxylic acids is 3. The third-order valence-electron chi connectivity index (χ3n) is 4.44. The van der Waals surface area contributed by atoms with E-state index in [4.69, 9.17) is 4.74 Å². The smallest absolute Gasteiger partial charge is 0.330 e. The van der Waals surface area contributed by atoms with E-state index in [1.807, 2.05) is 0 Å². The van der Waals surface area contributed by atoms with Crippen LogP contribution in [0.1, 0.15) is 33.7 Å². The second-order valence-corrected chi connectivity index (χ2v) is 6.97. The molecule has 0 radical (unpaired) electrons. The van der Waals surface area contributed by atoms with Crippen molar-refractivity contribution in [3.63, 3.8) is 0 Å². The van der Waals surface area contributed by atoms with Crippen molar-refractivity contribution < 1.29 is 23.5 Å². The van der Waals surface area contributed by atoms with Gasteiger partial charge in [0.1, 0.15) is 11.5 Å². The van der Waals surface area contributed by atoms with Gasteiger partial charge in [-0.05, 0) is 49.4 Å². The van der Waals surface area contributed by atoms with Crippen LogP contribution >= 0.6 is 11.8 Å². The summed E-state index contributed by atoms with van der Waals surface area (Å²) in [4.78, 5) is 46.9. The van der Waals surface area contributed by atoms with Crippen LogP contribution in [0, 0.1) is 5.82 Å². The number of ether oxygens (including phenoxy) is 1. The Labute approximate surface area is 171 Å². The van der Waals surface area contributed by atoms with Crippen molar-refractivity contribution in [2.24, 2.45) is 0 Å². The van der Waals surface area contributed by atoms with Crippen LogP contribution in [0.3, 0.4) is 0 Å². The second-order valence-electron chi connectivity index (χ2n) is 6.19. The van der Waals surface area contributed by atoms with Gasteiger partial charge in [-0.2, -0.15) is 0 Å². The highest BCUT2D eigenvalue weighted by atomic mass is 32.2. The van der Waals surface area contributed by atoms with Crippen LogP contribution in [0.25, 0.3) is 0 Å². The highest BCUT2D eigenvalue weighted by Gasteiger charge is 2.41. The zero-order chi connectivity index (χ0) is 21.0. The highest BCUT2D eigenvalue weighted by Crippen LogP contribution is 2.24. The number of hydrogen-bond donors (Lipinski definition) is 0. The summed E-state index contributed by atoms with van der Waals surface area (Å²) in [6.45, 7) is 0.220. The Bertz CT molecular complexity index is 925. The van der Waals surface area contributed by atoms with Crippen molar-refractivity contribution in [2.45, 2.75) is 24.0 Å². The van der Waals surface area contributed by atoms with Gasteiger partial charge in [-0.15, -0.1) is 0 Å². The fourth-order valence-electron chi connectivity index (χ4n) is 3.05. The SMILES string of the molecule is COC(=O)C1CCCN(C(=O)c2ccnc(SC)n2)N1C(=O)c1ccc(F)cc1. The van der Waals surface area contributed by atoms with E-state index in [1.165, 1.54) is 48.3 Å². The number of nitrogens with zero attached hydrogens (tertiary/aromatic N) is 4. The number of carbonyl (C=O) groups is 3. The number of esters is 1. The number of hydrogen-bond acceptors (Lipinski definition) is 7. The Morgan fingerprint density at radius 2 is 1.90 bits per heavy atom. The summed E-state index contributed by atoms with van der Waals surface area (Å²) in [5.74, 6) is -2.27. The van der Waals surface area contributed by atoms with Crippen LogP contribution < -0.4 is 0 Å². The predicted octanol–water partition coefficient (Wildman–Crippen LogP) is 2.17. The molecule has 0 spiro atoms. The average molecular weight is 418 g/mol. The van der Waals surface area contributed by atoms with E-state index < -0.39 is 29.6 Å². The molecule has 29 heavy (non-hydrogen) atoms. The molecule has 1 unspecified atom stereocenters. The molecule has 0 saturated carbocycles. The third-order valence-corrected chi connectivity index (χ3v) is 5.01. The number of amides is 2. The molecule has 152 valence electrons. The normalized spacial score (nSPS) is 16.4. The maximum atomic E-state index is 13.3. The first-order valence-electron chi connectivity index (χ1n) is 8.82. The first-order chi connectivity index (χ1) is 14.0. The molecule has 1 aromatic heterocycles. The summed E-state index contributed by atoms with van der Waals surface area (Å²) < 4.78 is 18.1. The van der Waals surface area contributed by atoms with Gasteiger partial charge in [-0.25, -0.2) is 29.2 Å². The number of benzene rings is 1. The Kier molecular flexibility index (Phi) is 6.42. The van der Waals surface area contributed by atoms with Crippen LogP contribution in [-0.4, -0.2) is 63.7 Å². The minimum atomic E-state index is -0.975. The van der Waals surface area contributed by atoms with E-state index in [1.54, 1.807) is 6.26 Å². The number of methoxy groups -OCH3 is 1. The number of aromatic nitrogens is 2. The molecule has 1 aliphatic heterocycles. The number of halogens is 1. The number of thioether (sulfide) groups is 1. The predicted molar refractivity (Wildman–Crippen MR) is 102 cm³/mol. The average Bonchev–Trinajstić information content (AvgIpc) is 2.77. The molecule has 2 amide bonds. The summed E-state index contributed by atoms with van der Waals surface area (Å²) in [6, 6.07) is 5.37. The molecule has 0 bridgehead atoms. The molecule has 1 aliphatic rings. The van der Waals surface area contributed by atoms with Crippen molar-refractivity contribution in [2.75, 3.05) is 19.9 Å². The Morgan fingerprint density at radius 1 is 1.17 bits per heavy atom. The van der Waals surface area contributed by atoms with Gasteiger partial charge in [0.25, 0.3) is 11.8 Å². The molecule has 1 aromatic carbocycles. The summed E-state index contributed by atoms with van der Waals surface area (Å²) in [7, 11) is 1.22. The van der Waals surface area contributed by atoms with Crippen LogP contribution in [0.4, 0.5) is 4.39 Å². The lowest BCUT2D eigenvalue weighted by Crippen LogP contribution is -2.60.